The molecule has 6 nitrogen and oxygen atoms in total. The third-order valence-corrected chi connectivity index (χ3v) is 2.99. The number of hydrogen-bond donors (Lipinski definition) is 0. The van der Waals surface area contributed by atoms with Crippen LogP contribution in [-0.2, 0) is 21.3 Å². The Labute approximate surface area is 120 Å². The Balaban J connectivity index is 3.30. The molecular weight excluding hydrogens is 344 g/mol. The first kappa shape index (κ1) is 16.3. The van der Waals surface area contributed by atoms with Gasteiger partial charge in [-0.3, -0.25) is 14.9 Å². The molecular formula is C11H10BrF2NO5. The first-order valence-electron chi connectivity index (χ1n) is 5.26. The molecule has 0 bridgehead atoms. The molecule has 0 spiro atoms. The molecule has 110 valence electrons. The zero-order valence-electron chi connectivity index (χ0n) is 10.3. The quantitative estimate of drug-likeness (QED) is 0.340. The molecule has 0 aliphatic carbocycles. The molecule has 1 aromatic carbocycles. The molecule has 20 heavy (non-hydrogen) atoms. The number of nitrogens with zero attached hydrogens (tertiary/aromatic N) is 1. The van der Waals surface area contributed by atoms with E-state index in [4.69, 9.17) is 0 Å². The van der Waals surface area contributed by atoms with E-state index in [0.29, 0.717) is 0 Å². The zero-order valence-corrected chi connectivity index (χ0v) is 11.9. The number of carbonyl (C=O) groups excluding carboxylic acids is 1. The number of methoxy groups -OCH3 is 1. The lowest BCUT2D eigenvalue weighted by Gasteiger charge is -2.11. The van der Waals surface area contributed by atoms with Gasteiger partial charge < -0.3 is 9.47 Å². The van der Waals surface area contributed by atoms with E-state index >= 15 is 0 Å². The van der Waals surface area contributed by atoms with Crippen LogP contribution >= 0.6 is 15.9 Å². The van der Waals surface area contributed by atoms with Crippen LogP contribution in [0.25, 0.3) is 0 Å². The summed E-state index contributed by atoms with van der Waals surface area (Å²) in [5.74, 6) is -1.08. The van der Waals surface area contributed by atoms with Crippen molar-refractivity contribution in [3.8, 4) is 5.75 Å². The fraction of sp³-hybridized carbons (Fsp3) is 0.364. The predicted molar refractivity (Wildman–Crippen MR) is 68.1 cm³/mol. The number of hydrogen-bond acceptors (Lipinski definition) is 5. The number of rotatable bonds is 6. The Morgan fingerprint density at radius 1 is 1.45 bits per heavy atom. The van der Waals surface area contributed by atoms with Gasteiger partial charge in [0, 0.05) is 16.5 Å². The first-order valence-corrected chi connectivity index (χ1v) is 6.39. The predicted octanol–water partition coefficient (Wildman–Crippen LogP) is 2.81. The molecule has 0 aliphatic rings. The molecule has 0 fully saturated rings. The minimum Gasteiger partial charge on any atom is -0.469 e. The highest BCUT2D eigenvalue weighted by molar-refractivity contribution is 9.08. The lowest BCUT2D eigenvalue weighted by Crippen LogP contribution is -2.10. The van der Waals surface area contributed by atoms with Gasteiger partial charge in [-0.25, -0.2) is 0 Å². The van der Waals surface area contributed by atoms with Crippen LogP contribution in [0, 0.1) is 10.1 Å². The molecule has 0 aliphatic heterocycles. The third-order valence-electron chi connectivity index (χ3n) is 2.38. The van der Waals surface area contributed by atoms with Gasteiger partial charge in [-0.1, -0.05) is 15.9 Å². The van der Waals surface area contributed by atoms with Crippen LogP contribution in [0.3, 0.4) is 0 Å². The minimum absolute atomic E-state index is 0.0946. The number of nitro benzene ring substituents is 1. The summed E-state index contributed by atoms with van der Waals surface area (Å²) in [5, 5.41) is 11.0. The fourth-order valence-corrected chi connectivity index (χ4v) is 1.96. The number of nitro groups is 1. The summed E-state index contributed by atoms with van der Waals surface area (Å²) in [6.45, 7) is -3.15. The van der Waals surface area contributed by atoms with Crippen molar-refractivity contribution in [1.82, 2.24) is 0 Å². The molecule has 0 heterocycles. The second kappa shape index (κ2) is 7.13. The average Bonchev–Trinajstić information content (AvgIpc) is 2.39. The summed E-state index contributed by atoms with van der Waals surface area (Å²) in [7, 11) is 1.15. The van der Waals surface area contributed by atoms with E-state index < -0.39 is 23.3 Å². The van der Waals surface area contributed by atoms with Crippen molar-refractivity contribution in [1.29, 1.82) is 0 Å². The first-order chi connectivity index (χ1) is 9.38. The van der Waals surface area contributed by atoms with Gasteiger partial charge in [0.05, 0.1) is 24.5 Å². The Kier molecular flexibility index (Phi) is 5.81. The number of alkyl halides is 3. The summed E-state index contributed by atoms with van der Waals surface area (Å²) in [6.07, 6.45) is -0.323. The molecule has 0 N–H and O–H groups in total. The largest absolute Gasteiger partial charge is 0.469 e. The number of halogens is 3. The topological polar surface area (TPSA) is 78.7 Å². The normalized spacial score (nSPS) is 10.4. The summed E-state index contributed by atoms with van der Waals surface area (Å²) in [5.41, 5.74) is -0.0288. The number of carbonyl (C=O) groups is 1. The van der Waals surface area contributed by atoms with E-state index in [9.17, 15) is 23.7 Å². The molecule has 0 atom stereocenters. The second-order valence-corrected chi connectivity index (χ2v) is 4.17. The van der Waals surface area contributed by atoms with Crippen LogP contribution in [-0.4, -0.2) is 24.6 Å². The van der Waals surface area contributed by atoms with Crippen molar-refractivity contribution >= 4 is 27.6 Å². The molecule has 0 radical (unpaired) electrons. The van der Waals surface area contributed by atoms with E-state index in [-0.39, 0.29) is 28.6 Å². The Bertz CT molecular complexity index is 524. The summed E-state index contributed by atoms with van der Waals surface area (Å²) >= 11 is 3.06. The van der Waals surface area contributed by atoms with Gasteiger partial charge in [-0.15, -0.1) is 0 Å². The van der Waals surface area contributed by atoms with Crippen molar-refractivity contribution in [2.45, 2.75) is 18.4 Å². The third kappa shape index (κ3) is 4.12. The van der Waals surface area contributed by atoms with Gasteiger partial charge in [0.1, 0.15) is 5.75 Å². The van der Waals surface area contributed by atoms with Crippen molar-refractivity contribution in [2.24, 2.45) is 0 Å². The maximum atomic E-state index is 12.3. The number of ether oxygens (including phenoxy) is 2. The molecule has 0 amide bonds. The zero-order chi connectivity index (χ0) is 15.3. The van der Waals surface area contributed by atoms with E-state index in [1.165, 1.54) is 6.07 Å². The molecule has 0 unspecified atom stereocenters. The van der Waals surface area contributed by atoms with E-state index in [0.717, 1.165) is 13.2 Å². The van der Waals surface area contributed by atoms with Crippen molar-refractivity contribution < 1.29 is 28.0 Å². The molecule has 0 aromatic heterocycles. The highest BCUT2D eigenvalue weighted by Gasteiger charge is 2.21. The van der Waals surface area contributed by atoms with Gasteiger partial charge in [-0.05, 0) is 6.07 Å². The van der Waals surface area contributed by atoms with Crippen LogP contribution in [0.15, 0.2) is 12.1 Å². The van der Waals surface area contributed by atoms with E-state index in [2.05, 4.69) is 25.4 Å². The van der Waals surface area contributed by atoms with Crippen LogP contribution in [0.1, 0.15) is 11.1 Å². The maximum absolute atomic E-state index is 12.3. The standard InChI is InChI=1S/C11H10BrF2NO5/c1-19-10(16)3-6-2-7(5-12)8(15(17)18)4-9(6)20-11(13)14/h2,4,11H,3,5H2,1H3. The van der Waals surface area contributed by atoms with Crippen LogP contribution < -0.4 is 4.74 Å². The van der Waals surface area contributed by atoms with Gasteiger partial charge in [-0.2, -0.15) is 8.78 Å². The summed E-state index contributed by atoms with van der Waals surface area (Å²) in [6, 6.07) is 2.14. The van der Waals surface area contributed by atoms with Crippen molar-refractivity contribution in [2.75, 3.05) is 7.11 Å². The Morgan fingerprint density at radius 3 is 2.55 bits per heavy atom. The Morgan fingerprint density at radius 2 is 2.10 bits per heavy atom. The van der Waals surface area contributed by atoms with Crippen molar-refractivity contribution in [3.05, 3.63) is 33.4 Å². The molecule has 0 saturated carbocycles. The SMILES string of the molecule is COC(=O)Cc1cc(CBr)c([N+](=O)[O-])cc1OC(F)F. The van der Waals surface area contributed by atoms with Gasteiger partial charge in [0.25, 0.3) is 5.69 Å². The molecule has 1 aromatic rings. The molecule has 9 heteroatoms. The average molecular weight is 354 g/mol. The number of benzene rings is 1. The number of esters is 1. The second-order valence-electron chi connectivity index (χ2n) is 3.61. The van der Waals surface area contributed by atoms with Gasteiger partial charge in [0.2, 0.25) is 0 Å². The Hall–Kier alpha value is -1.77. The molecule has 0 saturated heterocycles. The summed E-state index contributed by atoms with van der Waals surface area (Å²) in [4.78, 5) is 21.4. The highest BCUT2D eigenvalue weighted by atomic mass is 79.9. The van der Waals surface area contributed by atoms with Crippen LogP contribution in [0.4, 0.5) is 14.5 Å². The lowest BCUT2D eigenvalue weighted by atomic mass is 10.1. The maximum Gasteiger partial charge on any atom is 0.387 e. The van der Waals surface area contributed by atoms with Gasteiger partial charge >= 0.3 is 12.6 Å². The molecule has 1 rings (SSSR count). The monoisotopic (exact) mass is 353 g/mol. The summed E-state index contributed by atoms with van der Waals surface area (Å²) < 4.78 is 33.3. The van der Waals surface area contributed by atoms with Crippen LogP contribution in [0.5, 0.6) is 5.75 Å². The fourth-order valence-electron chi connectivity index (χ4n) is 1.51. The van der Waals surface area contributed by atoms with Crippen LogP contribution in [0.2, 0.25) is 0 Å². The van der Waals surface area contributed by atoms with Gasteiger partial charge in [0.15, 0.2) is 0 Å². The lowest BCUT2D eigenvalue weighted by molar-refractivity contribution is -0.385. The van der Waals surface area contributed by atoms with E-state index in [1.54, 1.807) is 0 Å². The smallest absolute Gasteiger partial charge is 0.387 e. The van der Waals surface area contributed by atoms with Crippen molar-refractivity contribution in [3.63, 3.8) is 0 Å². The van der Waals surface area contributed by atoms with E-state index in [1.807, 2.05) is 0 Å². The minimum atomic E-state index is -3.15. The highest BCUT2D eigenvalue weighted by Crippen LogP contribution is 2.32.